The maximum atomic E-state index is 12.2. The van der Waals surface area contributed by atoms with E-state index in [9.17, 15) is 9.59 Å². The summed E-state index contributed by atoms with van der Waals surface area (Å²) in [4.78, 5) is 30.6. The molecular weight excluding hydrogens is 296 g/mol. The van der Waals surface area contributed by atoms with Crippen molar-refractivity contribution in [3.8, 4) is 5.75 Å². The lowest BCUT2D eigenvalue weighted by Crippen LogP contribution is -2.31. The van der Waals surface area contributed by atoms with E-state index < -0.39 is 0 Å². The number of hydrogen-bond donors (Lipinski definition) is 3. The van der Waals surface area contributed by atoms with Crippen LogP contribution in [0.2, 0.25) is 0 Å². The summed E-state index contributed by atoms with van der Waals surface area (Å²) >= 11 is 0. The SMILES string of the molecule is C=CCOc1ccc([C@H]2CC(=O)Nc3nc(N)[nH]c(=O)c32)cc1. The average molecular weight is 312 g/mol. The Kier molecular flexibility index (Phi) is 3.84. The predicted octanol–water partition coefficient (Wildman–Crippen LogP) is 1.39. The Balaban J connectivity index is 1.99. The van der Waals surface area contributed by atoms with Crippen molar-refractivity contribution in [2.24, 2.45) is 0 Å². The van der Waals surface area contributed by atoms with Crippen LogP contribution in [0.5, 0.6) is 5.75 Å². The second-order valence-electron chi connectivity index (χ2n) is 5.19. The molecule has 1 atom stereocenters. The van der Waals surface area contributed by atoms with Gasteiger partial charge in [0, 0.05) is 12.3 Å². The van der Waals surface area contributed by atoms with Crippen LogP contribution in [0, 0.1) is 0 Å². The zero-order valence-corrected chi connectivity index (χ0v) is 12.3. The number of amides is 1. The molecule has 0 spiro atoms. The summed E-state index contributed by atoms with van der Waals surface area (Å²) in [5, 5.41) is 2.59. The fraction of sp³-hybridized carbons (Fsp3) is 0.188. The molecule has 0 radical (unpaired) electrons. The number of aromatic amines is 1. The van der Waals surface area contributed by atoms with Crippen molar-refractivity contribution in [1.82, 2.24) is 9.97 Å². The molecule has 4 N–H and O–H groups in total. The van der Waals surface area contributed by atoms with Gasteiger partial charge in [-0.05, 0) is 17.7 Å². The van der Waals surface area contributed by atoms with E-state index in [1.54, 1.807) is 18.2 Å². The van der Waals surface area contributed by atoms with Gasteiger partial charge in [-0.2, -0.15) is 4.98 Å². The fourth-order valence-corrected chi connectivity index (χ4v) is 2.62. The second-order valence-corrected chi connectivity index (χ2v) is 5.19. The van der Waals surface area contributed by atoms with Crippen molar-refractivity contribution in [2.45, 2.75) is 12.3 Å². The van der Waals surface area contributed by atoms with E-state index in [0.717, 1.165) is 5.56 Å². The van der Waals surface area contributed by atoms with Crippen molar-refractivity contribution in [3.63, 3.8) is 0 Å². The summed E-state index contributed by atoms with van der Waals surface area (Å²) in [7, 11) is 0. The van der Waals surface area contributed by atoms with Crippen molar-refractivity contribution in [1.29, 1.82) is 0 Å². The van der Waals surface area contributed by atoms with Crippen molar-refractivity contribution in [2.75, 3.05) is 17.7 Å². The van der Waals surface area contributed by atoms with Crippen molar-refractivity contribution >= 4 is 17.7 Å². The highest BCUT2D eigenvalue weighted by molar-refractivity contribution is 5.94. The number of nitrogens with two attached hydrogens (primary N) is 1. The van der Waals surface area contributed by atoms with Gasteiger partial charge < -0.3 is 15.8 Å². The topological polar surface area (TPSA) is 110 Å². The van der Waals surface area contributed by atoms with Crippen molar-refractivity contribution < 1.29 is 9.53 Å². The first-order valence-electron chi connectivity index (χ1n) is 7.11. The van der Waals surface area contributed by atoms with Gasteiger partial charge in [-0.3, -0.25) is 14.6 Å². The Bertz CT molecular complexity index is 811. The molecule has 2 heterocycles. The number of rotatable bonds is 4. The third-order valence-corrected chi connectivity index (χ3v) is 3.62. The summed E-state index contributed by atoms with van der Waals surface area (Å²) in [6.07, 6.45) is 1.83. The Morgan fingerprint density at radius 2 is 2.09 bits per heavy atom. The molecule has 7 heteroatoms. The molecule has 1 aromatic carbocycles. The highest BCUT2D eigenvalue weighted by atomic mass is 16.5. The number of nitrogens with zero attached hydrogens (tertiary/aromatic N) is 1. The van der Waals surface area contributed by atoms with Gasteiger partial charge in [-0.25, -0.2) is 0 Å². The maximum absolute atomic E-state index is 12.2. The molecule has 0 bridgehead atoms. The van der Waals surface area contributed by atoms with Crippen molar-refractivity contribution in [3.05, 3.63) is 58.4 Å². The van der Waals surface area contributed by atoms with Crippen LogP contribution >= 0.6 is 0 Å². The lowest BCUT2D eigenvalue weighted by Gasteiger charge is -2.24. The molecule has 1 aliphatic heterocycles. The molecule has 0 aliphatic carbocycles. The van der Waals surface area contributed by atoms with Crippen LogP contribution in [0.25, 0.3) is 0 Å². The average Bonchev–Trinajstić information content (AvgIpc) is 2.52. The molecule has 3 rings (SSSR count). The summed E-state index contributed by atoms with van der Waals surface area (Å²) in [6.45, 7) is 4.01. The molecule has 1 aromatic heterocycles. The van der Waals surface area contributed by atoms with Crippen LogP contribution in [0.4, 0.5) is 11.8 Å². The molecule has 23 heavy (non-hydrogen) atoms. The monoisotopic (exact) mass is 312 g/mol. The number of hydrogen-bond acceptors (Lipinski definition) is 5. The minimum Gasteiger partial charge on any atom is -0.490 e. The number of carbonyl (C=O) groups is 1. The maximum Gasteiger partial charge on any atom is 0.258 e. The number of H-pyrrole nitrogens is 1. The summed E-state index contributed by atoms with van der Waals surface area (Å²) in [6, 6.07) is 7.26. The third kappa shape index (κ3) is 2.94. The Morgan fingerprint density at radius 3 is 2.78 bits per heavy atom. The third-order valence-electron chi connectivity index (χ3n) is 3.62. The Labute approximate surface area is 132 Å². The first kappa shape index (κ1) is 14.8. The van der Waals surface area contributed by atoms with Crippen LogP contribution < -0.4 is 21.3 Å². The molecule has 118 valence electrons. The van der Waals surface area contributed by atoms with Gasteiger partial charge in [0.25, 0.3) is 5.56 Å². The molecule has 1 aliphatic rings. The number of anilines is 2. The predicted molar refractivity (Wildman–Crippen MR) is 86.5 cm³/mol. The number of aromatic nitrogens is 2. The molecule has 0 saturated carbocycles. The molecule has 0 fully saturated rings. The van der Waals surface area contributed by atoms with E-state index >= 15 is 0 Å². The largest absolute Gasteiger partial charge is 0.490 e. The van der Waals surface area contributed by atoms with E-state index in [4.69, 9.17) is 10.5 Å². The van der Waals surface area contributed by atoms with Gasteiger partial charge in [0.05, 0.1) is 5.56 Å². The molecule has 1 amide bonds. The van der Waals surface area contributed by atoms with E-state index in [1.807, 2.05) is 12.1 Å². The van der Waals surface area contributed by atoms with Crippen LogP contribution in [-0.4, -0.2) is 22.5 Å². The van der Waals surface area contributed by atoms with Gasteiger partial charge in [0.15, 0.2) is 0 Å². The van der Waals surface area contributed by atoms with Gasteiger partial charge >= 0.3 is 0 Å². The van der Waals surface area contributed by atoms with Crippen LogP contribution in [-0.2, 0) is 4.79 Å². The number of nitrogens with one attached hydrogen (secondary N) is 2. The van der Waals surface area contributed by atoms with Gasteiger partial charge in [0.2, 0.25) is 11.9 Å². The number of fused-ring (bicyclic) bond motifs is 1. The zero-order chi connectivity index (χ0) is 16.4. The van der Waals surface area contributed by atoms with Crippen LogP contribution in [0.3, 0.4) is 0 Å². The minimum atomic E-state index is -0.371. The van der Waals surface area contributed by atoms with Crippen LogP contribution in [0.15, 0.2) is 41.7 Å². The lowest BCUT2D eigenvalue weighted by atomic mass is 9.87. The zero-order valence-electron chi connectivity index (χ0n) is 12.3. The lowest BCUT2D eigenvalue weighted by molar-refractivity contribution is -0.116. The standard InChI is InChI=1S/C16H16N4O3/c1-2-7-23-10-5-3-9(4-6-10)11-8-12(21)18-14-13(11)15(22)20-16(17)19-14/h2-6,11H,1,7-8H2,(H4,17,18,19,20,21,22)/t11-/m1/s1. The summed E-state index contributed by atoms with van der Waals surface area (Å²) < 4.78 is 5.43. The van der Waals surface area contributed by atoms with E-state index in [1.165, 1.54) is 0 Å². The Morgan fingerprint density at radius 1 is 1.35 bits per heavy atom. The first-order chi connectivity index (χ1) is 11.1. The molecule has 0 saturated heterocycles. The van der Waals surface area contributed by atoms with Gasteiger partial charge in [0.1, 0.15) is 18.2 Å². The van der Waals surface area contributed by atoms with Gasteiger partial charge in [-0.1, -0.05) is 24.8 Å². The van der Waals surface area contributed by atoms with Gasteiger partial charge in [-0.15, -0.1) is 0 Å². The van der Waals surface area contributed by atoms with E-state index in [0.29, 0.717) is 17.9 Å². The normalized spacial score (nSPS) is 16.3. The number of carbonyl (C=O) groups excluding carboxylic acids is 1. The van der Waals surface area contributed by atoms with Crippen LogP contribution in [0.1, 0.15) is 23.5 Å². The minimum absolute atomic E-state index is 0.0251. The molecule has 0 unspecified atom stereocenters. The molecule has 7 nitrogen and oxygen atoms in total. The van der Waals surface area contributed by atoms with E-state index in [2.05, 4.69) is 21.9 Å². The smallest absolute Gasteiger partial charge is 0.258 e. The number of nitrogen functional groups attached to an aromatic ring is 1. The summed E-state index contributed by atoms with van der Waals surface area (Å²) in [5.41, 5.74) is 6.45. The molecular formula is C16H16N4O3. The highest BCUT2D eigenvalue weighted by Crippen LogP contribution is 2.34. The molecule has 2 aromatic rings. The quantitative estimate of drug-likeness (QED) is 0.739. The Hall–Kier alpha value is -3.09. The summed E-state index contributed by atoms with van der Waals surface area (Å²) in [5.74, 6) is 0.317. The number of benzene rings is 1. The van der Waals surface area contributed by atoms with E-state index in [-0.39, 0.29) is 35.6 Å². The second kappa shape index (κ2) is 5.96. The first-order valence-corrected chi connectivity index (χ1v) is 7.11. The number of ether oxygens (including phenoxy) is 1. The fourth-order valence-electron chi connectivity index (χ4n) is 2.62. The highest BCUT2D eigenvalue weighted by Gasteiger charge is 2.30.